The first-order valence-corrected chi connectivity index (χ1v) is 10.6. The fraction of sp³-hybridized carbons (Fsp3) is 0.259. The summed E-state index contributed by atoms with van der Waals surface area (Å²) in [6, 6.07) is 19.3. The van der Waals surface area contributed by atoms with Gasteiger partial charge in [0.1, 0.15) is 11.5 Å². The van der Waals surface area contributed by atoms with Crippen molar-refractivity contribution in [1.29, 1.82) is 0 Å². The van der Waals surface area contributed by atoms with Crippen LogP contribution < -0.4 is 20.9 Å². The average molecular weight is 415 g/mol. The Kier molecular flexibility index (Phi) is 5.61. The largest absolute Gasteiger partial charge is 0.469 e. The molecule has 4 N–H and O–H groups in total. The van der Waals surface area contributed by atoms with Crippen LogP contribution in [0.5, 0.6) is 11.5 Å². The fourth-order valence-electron chi connectivity index (χ4n) is 3.93. The minimum atomic E-state index is -0.840. The van der Waals surface area contributed by atoms with E-state index < -0.39 is 11.4 Å². The predicted molar refractivity (Wildman–Crippen MR) is 125 cm³/mol. The van der Waals surface area contributed by atoms with Gasteiger partial charge in [0.25, 0.3) is 0 Å². The van der Waals surface area contributed by atoms with Gasteiger partial charge in [-0.05, 0) is 47.6 Å². The molecular weight excluding hydrogens is 384 g/mol. The Bertz CT molecular complexity index is 954. The van der Waals surface area contributed by atoms with Crippen LogP contribution in [0.25, 0.3) is 0 Å². The molecule has 2 unspecified atom stereocenters. The minimum Gasteiger partial charge on any atom is -0.469 e. The SMILES string of the molecule is CC(C)(C1=CCC(N)(Oc2ccccc2)C=C1)C1=CCC(N)(Oc2ccccc2)C=C1. The molecule has 2 aliphatic carbocycles. The zero-order valence-corrected chi connectivity index (χ0v) is 18.1. The lowest BCUT2D eigenvalue weighted by Crippen LogP contribution is -2.45. The zero-order valence-electron chi connectivity index (χ0n) is 18.1. The first kappa shape index (κ1) is 21.2. The van der Waals surface area contributed by atoms with Crippen LogP contribution in [-0.4, -0.2) is 11.4 Å². The van der Waals surface area contributed by atoms with Gasteiger partial charge in [-0.15, -0.1) is 0 Å². The van der Waals surface area contributed by atoms with Crippen LogP contribution in [0.3, 0.4) is 0 Å². The highest BCUT2D eigenvalue weighted by molar-refractivity contribution is 5.45. The van der Waals surface area contributed by atoms with Crippen molar-refractivity contribution in [2.75, 3.05) is 0 Å². The molecule has 4 heteroatoms. The van der Waals surface area contributed by atoms with Crippen molar-refractivity contribution in [3.8, 4) is 11.5 Å². The Morgan fingerprint density at radius 1 is 0.677 bits per heavy atom. The second-order valence-electron chi connectivity index (χ2n) is 8.76. The third kappa shape index (κ3) is 4.82. The first-order valence-electron chi connectivity index (χ1n) is 10.6. The maximum Gasteiger partial charge on any atom is 0.181 e. The molecule has 160 valence electrons. The topological polar surface area (TPSA) is 70.5 Å². The number of hydrogen-bond donors (Lipinski definition) is 2. The molecule has 0 saturated heterocycles. The van der Waals surface area contributed by atoms with E-state index >= 15 is 0 Å². The number of rotatable bonds is 6. The molecule has 2 aliphatic rings. The van der Waals surface area contributed by atoms with Gasteiger partial charge in [-0.1, -0.05) is 74.5 Å². The van der Waals surface area contributed by atoms with Gasteiger partial charge in [0.2, 0.25) is 0 Å². The van der Waals surface area contributed by atoms with Crippen molar-refractivity contribution in [1.82, 2.24) is 0 Å². The van der Waals surface area contributed by atoms with Crippen LogP contribution in [0.15, 0.2) is 108 Å². The minimum absolute atomic E-state index is 0.185. The fourth-order valence-corrected chi connectivity index (χ4v) is 3.93. The molecule has 2 aromatic carbocycles. The summed E-state index contributed by atoms with van der Waals surface area (Å²) in [4.78, 5) is 0. The predicted octanol–water partition coefficient (Wildman–Crippen LogP) is 5.25. The number of ether oxygens (including phenoxy) is 2. The van der Waals surface area contributed by atoms with Crippen molar-refractivity contribution in [3.05, 3.63) is 108 Å². The Hall–Kier alpha value is -3.08. The second-order valence-corrected chi connectivity index (χ2v) is 8.76. The molecule has 0 fully saturated rings. The summed E-state index contributed by atoms with van der Waals surface area (Å²) in [6.45, 7) is 4.42. The molecule has 0 spiro atoms. The molecule has 0 radical (unpaired) electrons. The molecule has 4 nitrogen and oxygen atoms in total. The summed E-state index contributed by atoms with van der Waals surface area (Å²) in [6.07, 6.45) is 13.6. The summed E-state index contributed by atoms with van der Waals surface area (Å²) in [5, 5.41) is 0. The van der Waals surface area contributed by atoms with E-state index in [0.29, 0.717) is 12.8 Å². The smallest absolute Gasteiger partial charge is 0.181 e. The standard InChI is InChI=1S/C27H30N2O2/c1-25(2,21-13-17-26(28,18-14-21)30-23-9-5-3-6-10-23)22-15-19-27(29,20-16-22)31-24-11-7-4-8-12-24/h3-17,19H,18,20,28-29H2,1-2H3. The molecular formula is C27H30N2O2. The van der Waals surface area contributed by atoms with E-state index in [-0.39, 0.29) is 5.41 Å². The molecule has 0 aliphatic heterocycles. The van der Waals surface area contributed by atoms with Gasteiger partial charge in [-0.2, -0.15) is 0 Å². The summed E-state index contributed by atoms with van der Waals surface area (Å²) >= 11 is 0. The van der Waals surface area contributed by atoms with Gasteiger partial charge in [-0.25, -0.2) is 0 Å². The van der Waals surface area contributed by atoms with Crippen molar-refractivity contribution >= 4 is 0 Å². The number of para-hydroxylation sites is 2. The van der Waals surface area contributed by atoms with Crippen LogP contribution in [-0.2, 0) is 0 Å². The quantitative estimate of drug-likeness (QED) is 0.633. The third-order valence-electron chi connectivity index (χ3n) is 5.92. The summed E-state index contributed by atoms with van der Waals surface area (Å²) in [7, 11) is 0. The van der Waals surface area contributed by atoms with Gasteiger partial charge >= 0.3 is 0 Å². The number of allylic oxidation sites excluding steroid dienone is 4. The van der Waals surface area contributed by atoms with Crippen LogP contribution in [0.1, 0.15) is 26.7 Å². The normalized spacial score (nSPS) is 25.5. The van der Waals surface area contributed by atoms with E-state index in [4.69, 9.17) is 20.9 Å². The number of benzene rings is 2. The first-order chi connectivity index (χ1) is 14.8. The van der Waals surface area contributed by atoms with Gasteiger partial charge in [-0.3, -0.25) is 11.5 Å². The highest BCUT2D eigenvalue weighted by atomic mass is 16.5. The van der Waals surface area contributed by atoms with Crippen LogP contribution in [0.2, 0.25) is 0 Å². The highest BCUT2D eigenvalue weighted by Crippen LogP contribution is 2.41. The molecule has 0 amide bonds. The van der Waals surface area contributed by atoms with Gasteiger partial charge in [0.05, 0.1) is 0 Å². The lowest BCUT2D eigenvalue weighted by Gasteiger charge is -2.37. The Morgan fingerprint density at radius 3 is 1.39 bits per heavy atom. The van der Waals surface area contributed by atoms with Crippen LogP contribution in [0.4, 0.5) is 0 Å². The van der Waals surface area contributed by atoms with Gasteiger partial charge in [0.15, 0.2) is 11.4 Å². The lowest BCUT2D eigenvalue weighted by molar-refractivity contribution is 0.127. The Balaban J connectivity index is 1.43. The molecule has 0 bridgehead atoms. The second kappa shape index (κ2) is 8.22. The van der Waals surface area contributed by atoms with Crippen molar-refractivity contribution in [2.24, 2.45) is 16.9 Å². The average Bonchev–Trinajstić information content (AvgIpc) is 2.75. The summed E-state index contributed by atoms with van der Waals surface area (Å²) in [5.74, 6) is 1.53. The lowest BCUT2D eigenvalue weighted by atomic mass is 9.73. The maximum absolute atomic E-state index is 6.47. The maximum atomic E-state index is 6.47. The van der Waals surface area contributed by atoms with E-state index in [1.807, 2.05) is 72.8 Å². The van der Waals surface area contributed by atoms with Crippen LogP contribution >= 0.6 is 0 Å². The van der Waals surface area contributed by atoms with Gasteiger partial charge in [0, 0.05) is 18.3 Å². The molecule has 2 atom stereocenters. The Morgan fingerprint density at radius 2 is 1.06 bits per heavy atom. The Labute approximate surface area is 184 Å². The van der Waals surface area contributed by atoms with Crippen LogP contribution in [0, 0.1) is 5.41 Å². The molecule has 0 saturated carbocycles. The third-order valence-corrected chi connectivity index (χ3v) is 5.92. The molecule has 0 heterocycles. The molecule has 31 heavy (non-hydrogen) atoms. The number of hydrogen-bond acceptors (Lipinski definition) is 4. The van der Waals surface area contributed by atoms with Crippen molar-refractivity contribution < 1.29 is 9.47 Å². The summed E-state index contributed by atoms with van der Waals surface area (Å²) in [5.41, 5.74) is 13.5. The van der Waals surface area contributed by atoms with E-state index in [2.05, 4.69) is 38.2 Å². The molecule has 0 aromatic heterocycles. The van der Waals surface area contributed by atoms with E-state index in [0.717, 1.165) is 11.5 Å². The molecule has 4 rings (SSSR count). The molecule has 2 aromatic rings. The van der Waals surface area contributed by atoms with E-state index in [1.165, 1.54) is 11.1 Å². The van der Waals surface area contributed by atoms with Crippen molar-refractivity contribution in [3.63, 3.8) is 0 Å². The van der Waals surface area contributed by atoms with Crippen molar-refractivity contribution in [2.45, 2.75) is 38.1 Å². The monoisotopic (exact) mass is 414 g/mol. The zero-order chi connectivity index (χ0) is 22.0. The summed E-state index contributed by atoms with van der Waals surface area (Å²) < 4.78 is 12.0. The van der Waals surface area contributed by atoms with Gasteiger partial charge < -0.3 is 9.47 Å². The van der Waals surface area contributed by atoms with E-state index in [9.17, 15) is 0 Å². The van der Waals surface area contributed by atoms with E-state index in [1.54, 1.807) is 0 Å². The highest BCUT2D eigenvalue weighted by Gasteiger charge is 2.34. The number of nitrogens with two attached hydrogens (primary N) is 2.